The van der Waals surface area contributed by atoms with Crippen molar-refractivity contribution in [2.24, 2.45) is 11.1 Å². The zero-order chi connectivity index (χ0) is 12.9. The highest BCUT2D eigenvalue weighted by Crippen LogP contribution is 2.18. The van der Waals surface area contributed by atoms with E-state index < -0.39 is 0 Å². The number of nitrogens with two attached hydrogens (primary N) is 1. The summed E-state index contributed by atoms with van der Waals surface area (Å²) in [5.41, 5.74) is 5.87. The van der Waals surface area contributed by atoms with Crippen LogP contribution >= 0.6 is 0 Å². The highest BCUT2D eigenvalue weighted by molar-refractivity contribution is 5.78. The Morgan fingerprint density at radius 3 is 2.47 bits per heavy atom. The van der Waals surface area contributed by atoms with Gasteiger partial charge < -0.3 is 10.6 Å². The van der Waals surface area contributed by atoms with Gasteiger partial charge in [0.2, 0.25) is 5.91 Å². The van der Waals surface area contributed by atoms with Crippen molar-refractivity contribution in [3.8, 4) is 0 Å². The van der Waals surface area contributed by atoms with Crippen molar-refractivity contribution in [1.82, 2.24) is 9.80 Å². The molecular weight excluding hydrogens is 214 g/mol. The summed E-state index contributed by atoms with van der Waals surface area (Å²) in [5, 5.41) is 0. The van der Waals surface area contributed by atoms with Crippen molar-refractivity contribution in [3.63, 3.8) is 0 Å². The van der Waals surface area contributed by atoms with Crippen LogP contribution in [-0.4, -0.2) is 55.5 Å². The van der Waals surface area contributed by atoms with Gasteiger partial charge in [-0.25, -0.2) is 0 Å². The Bertz CT molecular complexity index is 247. The Balaban J connectivity index is 2.24. The maximum atomic E-state index is 11.9. The molecule has 0 spiro atoms. The lowest BCUT2D eigenvalue weighted by Crippen LogP contribution is -2.39. The van der Waals surface area contributed by atoms with Crippen molar-refractivity contribution < 1.29 is 4.79 Å². The Morgan fingerprint density at radius 2 is 1.94 bits per heavy atom. The summed E-state index contributed by atoms with van der Waals surface area (Å²) in [4.78, 5) is 16.0. The van der Waals surface area contributed by atoms with E-state index in [2.05, 4.69) is 18.7 Å². The fourth-order valence-corrected chi connectivity index (χ4v) is 1.97. The van der Waals surface area contributed by atoms with Crippen LogP contribution < -0.4 is 5.73 Å². The molecule has 1 fully saturated rings. The second-order valence-corrected chi connectivity index (χ2v) is 5.94. The Hall–Kier alpha value is -0.610. The molecule has 17 heavy (non-hydrogen) atoms. The molecule has 2 N–H and O–H groups in total. The molecule has 1 aliphatic rings. The summed E-state index contributed by atoms with van der Waals surface area (Å²) in [6, 6.07) is 0. The third-order valence-electron chi connectivity index (χ3n) is 3.59. The highest BCUT2D eigenvalue weighted by Gasteiger charge is 2.20. The number of likely N-dealkylation sites (N-methyl/N-ethyl adjacent to an activating group) is 1. The van der Waals surface area contributed by atoms with Crippen LogP contribution in [0.2, 0.25) is 0 Å². The first-order valence-electron chi connectivity index (χ1n) is 6.61. The van der Waals surface area contributed by atoms with Gasteiger partial charge in [0, 0.05) is 13.1 Å². The van der Waals surface area contributed by atoms with E-state index in [1.54, 1.807) is 0 Å². The zero-order valence-electron chi connectivity index (χ0n) is 11.5. The first-order valence-corrected chi connectivity index (χ1v) is 6.61. The smallest absolute Gasteiger partial charge is 0.236 e. The quantitative estimate of drug-likeness (QED) is 0.752. The Morgan fingerprint density at radius 1 is 1.35 bits per heavy atom. The number of hydrogen-bond donors (Lipinski definition) is 1. The van der Waals surface area contributed by atoms with Crippen molar-refractivity contribution in [1.29, 1.82) is 0 Å². The van der Waals surface area contributed by atoms with Crippen LogP contribution in [-0.2, 0) is 4.79 Å². The predicted octanol–water partition coefficient (Wildman–Crippen LogP) is 0.916. The standard InChI is InChI=1S/C13H27N3O/c1-13(2,11-14)6-9-15(3)10-12(17)16-7-4-5-8-16/h4-11,14H2,1-3H3. The molecular formula is C13H27N3O. The molecule has 1 amide bonds. The topological polar surface area (TPSA) is 49.6 Å². The van der Waals surface area contributed by atoms with Gasteiger partial charge in [-0.05, 0) is 44.8 Å². The van der Waals surface area contributed by atoms with Crippen LogP contribution in [0.15, 0.2) is 0 Å². The number of carbonyl (C=O) groups excluding carboxylic acids is 1. The third-order valence-corrected chi connectivity index (χ3v) is 3.59. The van der Waals surface area contributed by atoms with E-state index >= 15 is 0 Å². The summed E-state index contributed by atoms with van der Waals surface area (Å²) >= 11 is 0. The van der Waals surface area contributed by atoms with E-state index in [1.165, 1.54) is 0 Å². The predicted molar refractivity (Wildman–Crippen MR) is 70.8 cm³/mol. The highest BCUT2D eigenvalue weighted by atomic mass is 16.2. The van der Waals surface area contributed by atoms with Crippen LogP contribution in [0, 0.1) is 5.41 Å². The number of amides is 1. The van der Waals surface area contributed by atoms with Crippen LogP contribution in [0.5, 0.6) is 0 Å². The molecule has 0 unspecified atom stereocenters. The second kappa shape index (κ2) is 6.36. The van der Waals surface area contributed by atoms with Gasteiger partial charge in [0.1, 0.15) is 0 Å². The molecule has 0 radical (unpaired) electrons. The van der Waals surface area contributed by atoms with Gasteiger partial charge in [-0.15, -0.1) is 0 Å². The van der Waals surface area contributed by atoms with E-state index in [0.717, 1.165) is 38.9 Å². The minimum absolute atomic E-state index is 0.172. The van der Waals surface area contributed by atoms with Gasteiger partial charge in [-0.2, -0.15) is 0 Å². The molecule has 100 valence electrons. The average molecular weight is 241 g/mol. The number of rotatable bonds is 6. The van der Waals surface area contributed by atoms with E-state index in [0.29, 0.717) is 13.1 Å². The van der Waals surface area contributed by atoms with Gasteiger partial charge >= 0.3 is 0 Å². The number of carbonyl (C=O) groups is 1. The molecule has 4 heteroatoms. The largest absolute Gasteiger partial charge is 0.342 e. The van der Waals surface area contributed by atoms with Crippen molar-refractivity contribution in [2.45, 2.75) is 33.1 Å². The van der Waals surface area contributed by atoms with Gasteiger partial charge in [-0.1, -0.05) is 13.8 Å². The minimum atomic E-state index is 0.172. The minimum Gasteiger partial charge on any atom is -0.342 e. The molecule has 0 bridgehead atoms. The molecule has 1 saturated heterocycles. The Labute approximate surface area is 105 Å². The molecule has 0 saturated carbocycles. The summed E-state index contributed by atoms with van der Waals surface area (Å²) < 4.78 is 0. The summed E-state index contributed by atoms with van der Waals surface area (Å²) in [6.07, 6.45) is 3.36. The first-order chi connectivity index (χ1) is 7.94. The molecule has 1 rings (SSSR count). The summed E-state index contributed by atoms with van der Waals surface area (Å²) in [6.45, 7) is 8.40. The molecule has 0 aromatic carbocycles. The average Bonchev–Trinajstić information content (AvgIpc) is 2.80. The van der Waals surface area contributed by atoms with Gasteiger partial charge in [0.25, 0.3) is 0 Å². The van der Waals surface area contributed by atoms with Gasteiger partial charge in [-0.3, -0.25) is 9.69 Å². The SMILES string of the molecule is CN(CCC(C)(C)CN)CC(=O)N1CCCC1. The lowest BCUT2D eigenvalue weighted by atomic mass is 9.89. The number of nitrogens with zero attached hydrogens (tertiary/aromatic N) is 2. The summed E-state index contributed by atoms with van der Waals surface area (Å²) in [5.74, 6) is 0.274. The normalized spacial score (nSPS) is 16.9. The second-order valence-electron chi connectivity index (χ2n) is 5.94. The monoisotopic (exact) mass is 241 g/mol. The van der Waals surface area contributed by atoms with Crippen LogP contribution in [0.1, 0.15) is 33.1 Å². The first kappa shape index (κ1) is 14.5. The van der Waals surface area contributed by atoms with Gasteiger partial charge in [0.05, 0.1) is 6.54 Å². The van der Waals surface area contributed by atoms with E-state index in [4.69, 9.17) is 5.73 Å². The lowest BCUT2D eigenvalue weighted by Gasteiger charge is -2.26. The van der Waals surface area contributed by atoms with E-state index in [9.17, 15) is 4.79 Å². The van der Waals surface area contributed by atoms with Crippen LogP contribution in [0.25, 0.3) is 0 Å². The maximum absolute atomic E-state index is 11.9. The molecule has 1 heterocycles. The third kappa shape index (κ3) is 5.04. The van der Waals surface area contributed by atoms with E-state index in [-0.39, 0.29) is 11.3 Å². The molecule has 0 aliphatic carbocycles. The van der Waals surface area contributed by atoms with Crippen molar-refractivity contribution in [3.05, 3.63) is 0 Å². The fourth-order valence-electron chi connectivity index (χ4n) is 1.97. The van der Waals surface area contributed by atoms with E-state index in [1.807, 2.05) is 11.9 Å². The van der Waals surface area contributed by atoms with Crippen molar-refractivity contribution >= 4 is 5.91 Å². The van der Waals surface area contributed by atoms with Crippen LogP contribution in [0.4, 0.5) is 0 Å². The molecule has 0 atom stereocenters. The molecule has 0 aromatic rings. The molecule has 1 aliphatic heterocycles. The van der Waals surface area contributed by atoms with Gasteiger partial charge in [0.15, 0.2) is 0 Å². The lowest BCUT2D eigenvalue weighted by molar-refractivity contribution is -0.131. The maximum Gasteiger partial charge on any atom is 0.236 e. The molecule has 0 aromatic heterocycles. The number of hydrogen-bond acceptors (Lipinski definition) is 3. The molecule has 4 nitrogen and oxygen atoms in total. The summed E-state index contributed by atoms with van der Waals surface area (Å²) in [7, 11) is 2.01. The van der Waals surface area contributed by atoms with Crippen molar-refractivity contribution in [2.75, 3.05) is 39.8 Å². The Kier molecular flexibility index (Phi) is 5.40. The fraction of sp³-hybridized carbons (Fsp3) is 0.923. The number of likely N-dealkylation sites (tertiary alicyclic amines) is 1. The zero-order valence-corrected chi connectivity index (χ0v) is 11.5. The van der Waals surface area contributed by atoms with Crippen LogP contribution in [0.3, 0.4) is 0 Å².